The van der Waals surface area contributed by atoms with Crippen LogP contribution in [0.15, 0.2) is 54.6 Å². The molecule has 1 aromatic heterocycles. The van der Waals surface area contributed by atoms with E-state index in [1.165, 1.54) is 37.0 Å². The molecule has 1 aliphatic heterocycles. The van der Waals surface area contributed by atoms with Crippen LogP contribution in [0.2, 0.25) is 0 Å². The third-order valence-corrected chi connectivity index (χ3v) is 4.79. The number of halogens is 1. The van der Waals surface area contributed by atoms with E-state index in [1.54, 1.807) is 0 Å². The first-order valence-electron chi connectivity index (χ1n) is 8.70. The zero-order valence-corrected chi connectivity index (χ0v) is 13.6. The average Bonchev–Trinajstić information content (AvgIpc) is 2.90. The zero-order chi connectivity index (χ0) is 16.4. The SMILES string of the molecule is Fc1ccc2cc(C3CCCCCN3)c(-c3ccccc3)nc2c1. The molecule has 3 heteroatoms. The minimum Gasteiger partial charge on any atom is -0.310 e. The van der Waals surface area contributed by atoms with Gasteiger partial charge in [-0.05, 0) is 43.1 Å². The van der Waals surface area contributed by atoms with E-state index in [2.05, 4.69) is 23.5 Å². The molecule has 4 rings (SSSR count). The first-order valence-corrected chi connectivity index (χ1v) is 8.70. The third kappa shape index (κ3) is 3.04. The van der Waals surface area contributed by atoms with Gasteiger partial charge in [-0.15, -0.1) is 0 Å². The van der Waals surface area contributed by atoms with Crippen LogP contribution in [-0.2, 0) is 0 Å². The number of nitrogens with one attached hydrogen (secondary N) is 1. The van der Waals surface area contributed by atoms with Gasteiger partial charge in [0.2, 0.25) is 0 Å². The van der Waals surface area contributed by atoms with Crippen molar-refractivity contribution in [2.75, 3.05) is 6.54 Å². The second-order valence-corrected chi connectivity index (χ2v) is 6.49. The summed E-state index contributed by atoms with van der Waals surface area (Å²) in [5.74, 6) is -0.241. The van der Waals surface area contributed by atoms with Crippen LogP contribution in [-0.4, -0.2) is 11.5 Å². The molecule has 0 bridgehead atoms. The summed E-state index contributed by atoms with van der Waals surface area (Å²) in [5, 5.41) is 4.67. The van der Waals surface area contributed by atoms with E-state index < -0.39 is 0 Å². The Hall–Kier alpha value is -2.26. The van der Waals surface area contributed by atoms with E-state index in [1.807, 2.05) is 24.3 Å². The first-order chi connectivity index (χ1) is 11.8. The van der Waals surface area contributed by atoms with Gasteiger partial charge in [0.25, 0.3) is 0 Å². The van der Waals surface area contributed by atoms with Gasteiger partial charge in [0.1, 0.15) is 5.82 Å². The number of aromatic nitrogens is 1. The van der Waals surface area contributed by atoms with Crippen LogP contribution in [0.1, 0.15) is 37.3 Å². The normalized spacial score (nSPS) is 18.5. The Balaban J connectivity index is 1.90. The lowest BCUT2D eigenvalue weighted by Gasteiger charge is -2.20. The van der Waals surface area contributed by atoms with Crippen molar-refractivity contribution >= 4 is 10.9 Å². The van der Waals surface area contributed by atoms with E-state index in [0.717, 1.165) is 29.6 Å². The average molecular weight is 320 g/mol. The number of nitrogens with zero attached hydrogens (tertiary/aromatic N) is 1. The molecule has 24 heavy (non-hydrogen) atoms. The summed E-state index contributed by atoms with van der Waals surface area (Å²) in [6.45, 7) is 1.04. The van der Waals surface area contributed by atoms with E-state index in [-0.39, 0.29) is 5.82 Å². The van der Waals surface area contributed by atoms with Crippen LogP contribution in [0.3, 0.4) is 0 Å². The van der Waals surface area contributed by atoms with Crippen LogP contribution in [0.25, 0.3) is 22.2 Å². The molecule has 1 atom stereocenters. The monoisotopic (exact) mass is 320 g/mol. The van der Waals surface area contributed by atoms with E-state index >= 15 is 0 Å². The molecule has 3 aromatic rings. The molecular weight excluding hydrogens is 299 g/mol. The van der Waals surface area contributed by atoms with Gasteiger partial charge in [-0.1, -0.05) is 43.2 Å². The molecule has 1 fully saturated rings. The predicted molar refractivity (Wildman–Crippen MR) is 96.3 cm³/mol. The fourth-order valence-electron chi connectivity index (χ4n) is 3.54. The summed E-state index contributed by atoms with van der Waals surface area (Å²) in [5.41, 5.74) is 3.99. The number of hydrogen-bond acceptors (Lipinski definition) is 2. The molecule has 2 nitrogen and oxygen atoms in total. The standard InChI is InChI=1S/C21H21FN2/c22-17-11-10-16-13-18(19-9-5-2-6-12-23-19)21(24-20(16)14-17)15-7-3-1-4-8-15/h1,3-4,7-8,10-11,13-14,19,23H,2,5-6,9,12H2. The molecule has 0 amide bonds. The Morgan fingerprint density at radius 1 is 0.958 bits per heavy atom. The third-order valence-electron chi connectivity index (χ3n) is 4.79. The minimum atomic E-state index is -0.241. The maximum absolute atomic E-state index is 13.6. The van der Waals surface area contributed by atoms with Crippen molar-refractivity contribution < 1.29 is 4.39 Å². The van der Waals surface area contributed by atoms with Gasteiger partial charge < -0.3 is 5.32 Å². The molecule has 1 saturated heterocycles. The molecule has 0 saturated carbocycles. The van der Waals surface area contributed by atoms with Gasteiger partial charge in [-0.25, -0.2) is 9.37 Å². The summed E-state index contributed by atoms with van der Waals surface area (Å²) in [6, 6.07) is 17.6. The lowest BCUT2D eigenvalue weighted by atomic mass is 9.95. The van der Waals surface area contributed by atoms with Crippen molar-refractivity contribution in [1.29, 1.82) is 0 Å². The summed E-state index contributed by atoms with van der Waals surface area (Å²) in [4.78, 5) is 4.83. The van der Waals surface area contributed by atoms with Gasteiger partial charge in [0.05, 0.1) is 11.2 Å². The number of benzene rings is 2. The van der Waals surface area contributed by atoms with E-state index in [9.17, 15) is 4.39 Å². The topological polar surface area (TPSA) is 24.9 Å². The van der Waals surface area contributed by atoms with Crippen LogP contribution in [0, 0.1) is 5.82 Å². The molecule has 122 valence electrons. The van der Waals surface area contributed by atoms with Crippen molar-refractivity contribution in [3.8, 4) is 11.3 Å². The Morgan fingerprint density at radius 2 is 1.83 bits per heavy atom. The lowest BCUT2D eigenvalue weighted by Crippen LogP contribution is -2.21. The molecule has 1 unspecified atom stereocenters. The van der Waals surface area contributed by atoms with Gasteiger partial charge >= 0.3 is 0 Å². The van der Waals surface area contributed by atoms with Gasteiger partial charge in [-0.3, -0.25) is 0 Å². The highest BCUT2D eigenvalue weighted by Gasteiger charge is 2.19. The van der Waals surface area contributed by atoms with Crippen molar-refractivity contribution in [2.24, 2.45) is 0 Å². The van der Waals surface area contributed by atoms with Crippen molar-refractivity contribution in [2.45, 2.75) is 31.7 Å². The second-order valence-electron chi connectivity index (χ2n) is 6.49. The molecule has 0 aliphatic carbocycles. The minimum absolute atomic E-state index is 0.241. The summed E-state index contributed by atoms with van der Waals surface area (Å²) < 4.78 is 13.6. The Morgan fingerprint density at radius 3 is 2.71 bits per heavy atom. The van der Waals surface area contributed by atoms with Gasteiger partial charge in [-0.2, -0.15) is 0 Å². The number of pyridine rings is 1. The number of rotatable bonds is 2. The predicted octanol–water partition coefficient (Wildman–Crippen LogP) is 5.25. The second kappa shape index (κ2) is 6.70. The van der Waals surface area contributed by atoms with Crippen LogP contribution in [0.5, 0.6) is 0 Å². The molecular formula is C21H21FN2. The first kappa shape index (κ1) is 15.3. The summed E-state index contributed by atoms with van der Waals surface area (Å²) in [7, 11) is 0. The molecule has 2 heterocycles. The molecule has 0 spiro atoms. The summed E-state index contributed by atoms with van der Waals surface area (Å²) >= 11 is 0. The Kier molecular flexibility index (Phi) is 4.26. The highest BCUT2D eigenvalue weighted by Crippen LogP contribution is 2.33. The Labute approximate surface area is 141 Å². The van der Waals surface area contributed by atoms with E-state index in [4.69, 9.17) is 4.98 Å². The van der Waals surface area contributed by atoms with Gasteiger partial charge in [0.15, 0.2) is 0 Å². The molecule has 0 radical (unpaired) electrons. The smallest absolute Gasteiger partial charge is 0.125 e. The van der Waals surface area contributed by atoms with Crippen molar-refractivity contribution in [3.05, 3.63) is 66.0 Å². The van der Waals surface area contributed by atoms with Gasteiger partial charge in [0, 0.05) is 23.1 Å². The van der Waals surface area contributed by atoms with Crippen molar-refractivity contribution in [3.63, 3.8) is 0 Å². The highest BCUT2D eigenvalue weighted by atomic mass is 19.1. The molecule has 1 aliphatic rings. The quantitative estimate of drug-likeness (QED) is 0.698. The van der Waals surface area contributed by atoms with Crippen LogP contribution < -0.4 is 5.32 Å². The fourth-order valence-corrected chi connectivity index (χ4v) is 3.54. The zero-order valence-electron chi connectivity index (χ0n) is 13.6. The maximum Gasteiger partial charge on any atom is 0.125 e. The van der Waals surface area contributed by atoms with Crippen LogP contribution >= 0.6 is 0 Å². The maximum atomic E-state index is 13.6. The van der Waals surface area contributed by atoms with Crippen LogP contribution in [0.4, 0.5) is 4.39 Å². The van der Waals surface area contributed by atoms with E-state index in [0.29, 0.717) is 11.6 Å². The molecule has 1 N–H and O–H groups in total. The lowest BCUT2D eigenvalue weighted by molar-refractivity contribution is 0.535. The summed E-state index contributed by atoms with van der Waals surface area (Å²) in [6.07, 6.45) is 4.85. The largest absolute Gasteiger partial charge is 0.310 e. The Bertz CT molecular complexity index is 837. The number of hydrogen-bond donors (Lipinski definition) is 1. The number of fused-ring (bicyclic) bond motifs is 1. The van der Waals surface area contributed by atoms with Crippen molar-refractivity contribution in [1.82, 2.24) is 10.3 Å². The molecule has 2 aromatic carbocycles. The fraction of sp³-hybridized carbons (Fsp3) is 0.286. The highest BCUT2D eigenvalue weighted by molar-refractivity contribution is 5.83.